The molecule has 0 aromatic rings. The molecule has 6 nitrogen and oxygen atoms in total. The van der Waals surface area contributed by atoms with E-state index >= 15 is 0 Å². The molecule has 0 saturated carbocycles. The number of aliphatic carboxylic acids is 2. The minimum atomic E-state index is -1.09. The summed E-state index contributed by atoms with van der Waals surface area (Å²) in [6, 6.07) is 0. The third-order valence-electron chi connectivity index (χ3n) is 3.72. The number of hydrogen-bond donors (Lipinski definition) is 2. The van der Waals surface area contributed by atoms with Crippen LogP contribution in [0.4, 0.5) is 0 Å². The lowest BCUT2D eigenvalue weighted by atomic mass is 9.74. The fraction of sp³-hybridized carbons (Fsp3) is 0.833. The molecule has 0 aromatic carbocycles. The molecule has 2 heterocycles. The van der Waals surface area contributed by atoms with Crippen molar-refractivity contribution in [3.63, 3.8) is 0 Å². The number of rotatable bonds is 6. The van der Waals surface area contributed by atoms with Crippen molar-refractivity contribution in [1.82, 2.24) is 0 Å². The van der Waals surface area contributed by atoms with Gasteiger partial charge in [-0.05, 0) is 12.8 Å². The second-order valence-electron chi connectivity index (χ2n) is 4.94. The highest BCUT2D eigenvalue weighted by Crippen LogP contribution is 2.47. The molecule has 0 spiro atoms. The fourth-order valence-electron chi connectivity index (χ4n) is 2.99. The standard InChI is InChI=1S/C12H18O6/c1-2-3-17-5-6-4-7-8(11(13)14)9(12(15)16)10(6)18-7/h6-10H,2-5H2,1H3,(H,13,14)(H,15,16)/t6-,7+,8+,9+,10-/m0/s1. The summed E-state index contributed by atoms with van der Waals surface area (Å²) in [5, 5.41) is 18.2. The van der Waals surface area contributed by atoms with Crippen molar-refractivity contribution in [2.75, 3.05) is 13.2 Å². The van der Waals surface area contributed by atoms with Crippen molar-refractivity contribution < 1.29 is 29.3 Å². The number of hydrogen-bond acceptors (Lipinski definition) is 4. The van der Waals surface area contributed by atoms with Crippen LogP contribution in [-0.2, 0) is 19.1 Å². The molecule has 102 valence electrons. The van der Waals surface area contributed by atoms with Gasteiger partial charge in [-0.1, -0.05) is 6.92 Å². The molecule has 2 saturated heterocycles. The zero-order chi connectivity index (χ0) is 13.3. The van der Waals surface area contributed by atoms with E-state index in [1.165, 1.54) is 0 Å². The van der Waals surface area contributed by atoms with Crippen LogP contribution in [0.3, 0.4) is 0 Å². The van der Waals surface area contributed by atoms with Gasteiger partial charge in [0.1, 0.15) is 0 Å². The molecule has 5 atom stereocenters. The van der Waals surface area contributed by atoms with Gasteiger partial charge < -0.3 is 19.7 Å². The van der Waals surface area contributed by atoms with Crippen molar-refractivity contribution in [3.05, 3.63) is 0 Å². The van der Waals surface area contributed by atoms with Gasteiger partial charge in [-0.25, -0.2) is 0 Å². The van der Waals surface area contributed by atoms with Gasteiger partial charge in [0, 0.05) is 12.5 Å². The zero-order valence-corrected chi connectivity index (χ0v) is 10.2. The summed E-state index contributed by atoms with van der Waals surface area (Å²) < 4.78 is 10.9. The molecule has 2 aliphatic heterocycles. The van der Waals surface area contributed by atoms with Crippen LogP contribution in [0.25, 0.3) is 0 Å². The summed E-state index contributed by atoms with van der Waals surface area (Å²) in [5.74, 6) is -4.04. The first kappa shape index (κ1) is 13.3. The van der Waals surface area contributed by atoms with Gasteiger partial charge in [0.25, 0.3) is 0 Å². The summed E-state index contributed by atoms with van der Waals surface area (Å²) in [5.41, 5.74) is 0. The SMILES string of the molecule is CCCOC[C@@H]1C[C@H]2O[C@@H]1[C@H](C(=O)O)[C@@H]2C(=O)O. The quantitative estimate of drug-likeness (QED) is 0.678. The van der Waals surface area contributed by atoms with Crippen molar-refractivity contribution in [2.45, 2.75) is 32.0 Å². The van der Waals surface area contributed by atoms with Gasteiger partial charge in [-0.15, -0.1) is 0 Å². The van der Waals surface area contributed by atoms with E-state index in [1.807, 2.05) is 6.92 Å². The van der Waals surface area contributed by atoms with Gasteiger partial charge in [-0.3, -0.25) is 9.59 Å². The Morgan fingerprint density at radius 3 is 2.50 bits per heavy atom. The predicted molar refractivity (Wildman–Crippen MR) is 60.1 cm³/mol. The van der Waals surface area contributed by atoms with E-state index in [0.717, 1.165) is 6.42 Å². The highest BCUT2D eigenvalue weighted by molar-refractivity contribution is 5.82. The largest absolute Gasteiger partial charge is 0.481 e. The third kappa shape index (κ3) is 2.22. The zero-order valence-electron chi connectivity index (χ0n) is 10.2. The van der Waals surface area contributed by atoms with Crippen LogP contribution in [-0.4, -0.2) is 47.6 Å². The minimum absolute atomic E-state index is 0.00162. The molecule has 2 fully saturated rings. The smallest absolute Gasteiger partial charge is 0.310 e. The number of carboxylic acids is 2. The summed E-state index contributed by atoms with van der Waals surface area (Å²) >= 11 is 0. The first-order chi connectivity index (χ1) is 8.56. The van der Waals surface area contributed by atoms with Gasteiger partial charge >= 0.3 is 11.9 Å². The molecular formula is C12H18O6. The Bertz CT molecular complexity index is 341. The molecule has 6 heteroatoms. The average molecular weight is 258 g/mol. The van der Waals surface area contributed by atoms with E-state index in [2.05, 4.69) is 0 Å². The summed E-state index contributed by atoms with van der Waals surface area (Å²) in [6.45, 7) is 3.08. The lowest BCUT2D eigenvalue weighted by Gasteiger charge is -2.27. The van der Waals surface area contributed by atoms with Crippen LogP contribution in [0.15, 0.2) is 0 Å². The van der Waals surface area contributed by atoms with E-state index in [0.29, 0.717) is 19.6 Å². The highest BCUT2D eigenvalue weighted by Gasteiger charge is 2.59. The lowest BCUT2D eigenvalue weighted by Crippen LogP contribution is -2.43. The maximum atomic E-state index is 11.2. The van der Waals surface area contributed by atoms with E-state index in [1.54, 1.807) is 0 Å². The van der Waals surface area contributed by atoms with Crippen LogP contribution in [0.1, 0.15) is 19.8 Å². The Labute approximate surface area is 105 Å². The monoisotopic (exact) mass is 258 g/mol. The van der Waals surface area contributed by atoms with Crippen molar-refractivity contribution in [3.8, 4) is 0 Å². The average Bonchev–Trinajstić information content (AvgIpc) is 2.85. The Morgan fingerprint density at radius 2 is 1.94 bits per heavy atom. The summed E-state index contributed by atoms with van der Waals surface area (Å²) in [6.07, 6.45) is 0.478. The molecule has 2 aliphatic rings. The Kier molecular flexibility index (Phi) is 3.87. The first-order valence-corrected chi connectivity index (χ1v) is 6.25. The topological polar surface area (TPSA) is 93.1 Å². The van der Waals surface area contributed by atoms with Crippen molar-refractivity contribution in [2.24, 2.45) is 17.8 Å². The van der Waals surface area contributed by atoms with E-state index in [4.69, 9.17) is 19.7 Å². The minimum Gasteiger partial charge on any atom is -0.481 e. The molecule has 0 unspecified atom stereocenters. The molecule has 0 aliphatic carbocycles. The summed E-state index contributed by atoms with van der Waals surface area (Å²) in [7, 11) is 0. The van der Waals surface area contributed by atoms with Crippen LogP contribution < -0.4 is 0 Å². The lowest BCUT2D eigenvalue weighted by molar-refractivity contribution is -0.155. The van der Waals surface area contributed by atoms with Gasteiger partial charge in [0.05, 0.1) is 30.7 Å². The van der Waals surface area contributed by atoms with Crippen LogP contribution in [0.5, 0.6) is 0 Å². The first-order valence-electron chi connectivity index (χ1n) is 6.25. The maximum Gasteiger partial charge on any atom is 0.310 e. The molecule has 0 radical (unpaired) electrons. The van der Waals surface area contributed by atoms with E-state index < -0.39 is 36.0 Å². The molecule has 0 aromatic heterocycles. The third-order valence-corrected chi connectivity index (χ3v) is 3.72. The predicted octanol–water partition coefficient (Wildman–Crippen LogP) is 0.602. The van der Waals surface area contributed by atoms with E-state index in [9.17, 15) is 9.59 Å². The number of fused-ring (bicyclic) bond motifs is 2. The van der Waals surface area contributed by atoms with Crippen molar-refractivity contribution in [1.29, 1.82) is 0 Å². The van der Waals surface area contributed by atoms with Crippen molar-refractivity contribution >= 4 is 11.9 Å². The van der Waals surface area contributed by atoms with E-state index in [-0.39, 0.29) is 5.92 Å². The van der Waals surface area contributed by atoms with Crippen LogP contribution >= 0.6 is 0 Å². The molecular weight excluding hydrogens is 240 g/mol. The fourth-order valence-corrected chi connectivity index (χ4v) is 2.99. The Balaban J connectivity index is 2.03. The number of carbonyl (C=O) groups is 2. The molecule has 0 amide bonds. The molecule has 2 N–H and O–H groups in total. The molecule has 2 rings (SSSR count). The van der Waals surface area contributed by atoms with Crippen LogP contribution in [0, 0.1) is 17.8 Å². The molecule has 2 bridgehead atoms. The molecule has 18 heavy (non-hydrogen) atoms. The maximum absolute atomic E-state index is 11.2. The number of ether oxygens (including phenoxy) is 2. The van der Waals surface area contributed by atoms with Gasteiger partial charge in [0.15, 0.2) is 0 Å². The second-order valence-corrected chi connectivity index (χ2v) is 4.94. The van der Waals surface area contributed by atoms with Crippen LogP contribution in [0.2, 0.25) is 0 Å². The van der Waals surface area contributed by atoms with Gasteiger partial charge in [0.2, 0.25) is 0 Å². The second kappa shape index (κ2) is 5.24. The Hall–Kier alpha value is -1.14. The van der Waals surface area contributed by atoms with Gasteiger partial charge in [-0.2, -0.15) is 0 Å². The number of carboxylic acid groups (broad SMARTS) is 2. The highest BCUT2D eigenvalue weighted by atomic mass is 16.5. The Morgan fingerprint density at radius 1 is 1.28 bits per heavy atom. The normalized spacial score (nSPS) is 37.9. The summed E-state index contributed by atoms with van der Waals surface area (Å²) in [4.78, 5) is 22.3.